The zero-order valence-electron chi connectivity index (χ0n) is 8.41. The van der Waals surface area contributed by atoms with Gasteiger partial charge < -0.3 is 5.73 Å². The maximum atomic E-state index is 5.66. The molecule has 0 amide bonds. The van der Waals surface area contributed by atoms with Gasteiger partial charge in [0, 0.05) is 12.1 Å². The summed E-state index contributed by atoms with van der Waals surface area (Å²) in [5, 5.41) is 3.35. The second-order valence-corrected chi connectivity index (χ2v) is 3.30. The Morgan fingerprint density at radius 2 is 2.17 bits per heavy atom. The van der Waals surface area contributed by atoms with Crippen LogP contribution in [0.2, 0.25) is 0 Å². The summed E-state index contributed by atoms with van der Waals surface area (Å²) in [6.45, 7) is 7.58. The minimum atomic E-state index is 0.0681. The summed E-state index contributed by atoms with van der Waals surface area (Å²) in [6.07, 6.45) is 2.26. The molecular formula is C10H20N2. The first-order valence-corrected chi connectivity index (χ1v) is 4.53. The van der Waals surface area contributed by atoms with Crippen molar-refractivity contribution in [1.82, 2.24) is 5.32 Å². The van der Waals surface area contributed by atoms with Crippen molar-refractivity contribution in [2.24, 2.45) is 5.73 Å². The number of rotatable bonds is 5. The second kappa shape index (κ2) is 6.05. The number of hydrogen-bond donors (Lipinski definition) is 2. The Hall–Kier alpha value is -0.520. The van der Waals surface area contributed by atoms with Crippen LogP contribution in [0.4, 0.5) is 0 Å². The molecule has 1 unspecified atom stereocenters. The molecule has 0 heterocycles. The first kappa shape index (κ1) is 11.5. The van der Waals surface area contributed by atoms with Crippen molar-refractivity contribution >= 4 is 0 Å². The van der Waals surface area contributed by atoms with Gasteiger partial charge in [-0.05, 0) is 20.3 Å². The van der Waals surface area contributed by atoms with E-state index in [4.69, 9.17) is 5.73 Å². The average Bonchev–Trinajstić information content (AvgIpc) is 2.06. The molecule has 0 aliphatic heterocycles. The number of nitrogens with two attached hydrogens (primary N) is 1. The summed E-state index contributed by atoms with van der Waals surface area (Å²) in [7, 11) is 0. The zero-order chi connectivity index (χ0) is 9.45. The smallest absolute Gasteiger partial charge is 0.0580 e. The maximum absolute atomic E-state index is 5.66. The number of hydrogen-bond acceptors (Lipinski definition) is 2. The van der Waals surface area contributed by atoms with Gasteiger partial charge in [-0.25, -0.2) is 0 Å². The lowest BCUT2D eigenvalue weighted by Crippen LogP contribution is -2.48. The van der Waals surface area contributed by atoms with Crippen LogP contribution in [-0.4, -0.2) is 18.6 Å². The van der Waals surface area contributed by atoms with Gasteiger partial charge in [-0.3, -0.25) is 5.32 Å². The van der Waals surface area contributed by atoms with E-state index in [-0.39, 0.29) is 5.54 Å². The summed E-state index contributed by atoms with van der Waals surface area (Å²) in [5.74, 6) is 5.83. The standard InChI is InChI=1S/C10H20N2/c1-4-6-8-12-10(3,9-11)7-5-2/h12H,5,7-9,11H2,1-3H3. The highest BCUT2D eigenvalue weighted by Gasteiger charge is 2.19. The average molecular weight is 168 g/mol. The normalized spacial score (nSPS) is 14.7. The van der Waals surface area contributed by atoms with Crippen LogP contribution in [-0.2, 0) is 0 Å². The van der Waals surface area contributed by atoms with Gasteiger partial charge in [0.05, 0.1) is 6.54 Å². The third-order valence-electron chi connectivity index (χ3n) is 2.03. The molecule has 0 aromatic carbocycles. The van der Waals surface area contributed by atoms with Crippen molar-refractivity contribution in [2.75, 3.05) is 13.1 Å². The monoisotopic (exact) mass is 168 g/mol. The van der Waals surface area contributed by atoms with E-state index in [2.05, 4.69) is 31.0 Å². The molecule has 12 heavy (non-hydrogen) atoms. The highest BCUT2D eigenvalue weighted by Crippen LogP contribution is 2.09. The molecule has 0 radical (unpaired) electrons. The molecule has 0 rings (SSSR count). The zero-order valence-corrected chi connectivity index (χ0v) is 8.41. The predicted molar refractivity (Wildman–Crippen MR) is 53.8 cm³/mol. The van der Waals surface area contributed by atoms with Crippen molar-refractivity contribution in [3.05, 3.63) is 0 Å². The Bertz CT molecular complexity index is 166. The largest absolute Gasteiger partial charge is 0.329 e. The summed E-state index contributed by atoms with van der Waals surface area (Å²) < 4.78 is 0. The van der Waals surface area contributed by atoms with Crippen LogP contribution in [0.25, 0.3) is 0 Å². The third-order valence-corrected chi connectivity index (χ3v) is 2.03. The predicted octanol–water partition coefficient (Wildman–Crippen LogP) is 1.12. The fourth-order valence-corrected chi connectivity index (χ4v) is 1.16. The van der Waals surface area contributed by atoms with E-state index >= 15 is 0 Å². The SMILES string of the molecule is CC#CCNC(C)(CN)CCC. The number of nitrogens with one attached hydrogen (secondary N) is 1. The van der Waals surface area contributed by atoms with Crippen LogP contribution >= 0.6 is 0 Å². The molecule has 0 aliphatic rings. The van der Waals surface area contributed by atoms with Gasteiger partial charge in [-0.15, -0.1) is 5.92 Å². The van der Waals surface area contributed by atoms with E-state index < -0.39 is 0 Å². The molecule has 2 heteroatoms. The van der Waals surface area contributed by atoms with E-state index in [0.717, 1.165) is 19.4 Å². The molecule has 0 saturated carbocycles. The fraction of sp³-hybridized carbons (Fsp3) is 0.800. The quantitative estimate of drug-likeness (QED) is 0.604. The maximum Gasteiger partial charge on any atom is 0.0580 e. The first-order valence-electron chi connectivity index (χ1n) is 4.53. The molecule has 1 atom stereocenters. The molecule has 0 bridgehead atoms. The lowest BCUT2D eigenvalue weighted by molar-refractivity contribution is 0.352. The Morgan fingerprint density at radius 3 is 2.58 bits per heavy atom. The molecule has 0 saturated heterocycles. The lowest BCUT2D eigenvalue weighted by Gasteiger charge is -2.28. The van der Waals surface area contributed by atoms with Crippen LogP contribution in [0.15, 0.2) is 0 Å². The van der Waals surface area contributed by atoms with Gasteiger partial charge in [0.15, 0.2) is 0 Å². The van der Waals surface area contributed by atoms with Crippen molar-refractivity contribution < 1.29 is 0 Å². The van der Waals surface area contributed by atoms with E-state index in [1.807, 2.05) is 6.92 Å². The summed E-state index contributed by atoms with van der Waals surface area (Å²) in [4.78, 5) is 0. The highest BCUT2D eigenvalue weighted by atomic mass is 15.0. The molecule has 2 nitrogen and oxygen atoms in total. The van der Waals surface area contributed by atoms with Gasteiger partial charge in [-0.2, -0.15) is 0 Å². The van der Waals surface area contributed by atoms with Gasteiger partial charge in [0.2, 0.25) is 0 Å². The van der Waals surface area contributed by atoms with E-state index in [1.165, 1.54) is 0 Å². The Morgan fingerprint density at radius 1 is 1.50 bits per heavy atom. The molecule has 0 spiro atoms. The molecule has 0 aliphatic carbocycles. The summed E-state index contributed by atoms with van der Waals surface area (Å²) >= 11 is 0. The van der Waals surface area contributed by atoms with Crippen molar-refractivity contribution in [3.8, 4) is 11.8 Å². The summed E-state index contributed by atoms with van der Waals surface area (Å²) in [5.41, 5.74) is 5.73. The Kier molecular flexibility index (Phi) is 5.79. The van der Waals surface area contributed by atoms with Gasteiger partial charge in [0.1, 0.15) is 0 Å². The third kappa shape index (κ3) is 4.38. The van der Waals surface area contributed by atoms with Crippen LogP contribution in [0.3, 0.4) is 0 Å². The van der Waals surface area contributed by atoms with E-state index in [0.29, 0.717) is 6.54 Å². The molecule has 0 aromatic heterocycles. The van der Waals surface area contributed by atoms with Crippen molar-refractivity contribution in [1.29, 1.82) is 0 Å². The Labute approximate surface area is 75.9 Å². The molecule has 0 aromatic rings. The molecule has 70 valence electrons. The van der Waals surface area contributed by atoms with Crippen LogP contribution in [0.5, 0.6) is 0 Å². The first-order chi connectivity index (χ1) is 5.68. The van der Waals surface area contributed by atoms with E-state index in [1.54, 1.807) is 0 Å². The van der Waals surface area contributed by atoms with Crippen molar-refractivity contribution in [2.45, 2.75) is 39.2 Å². The van der Waals surface area contributed by atoms with E-state index in [9.17, 15) is 0 Å². The molecule has 0 fully saturated rings. The van der Waals surface area contributed by atoms with Gasteiger partial charge >= 0.3 is 0 Å². The highest BCUT2D eigenvalue weighted by molar-refractivity contribution is 4.99. The minimum Gasteiger partial charge on any atom is -0.329 e. The van der Waals surface area contributed by atoms with Crippen LogP contribution < -0.4 is 11.1 Å². The molecular weight excluding hydrogens is 148 g/mol. The molecule has 3 N–H and O–H groups in total. The topological polar surface area (TPSA) is 38.0 Å². The van der Waals surface area contributed by atoms with Gasteiger partial charge in [-0.1, -0.05) is 19.3 Å². The minimum absolute atomic E-state index is 0.0681. The summed E-state index contributed by atoms with van der Waals surface area (Å²) in [6, 6.07) is 0. The Balaban J connectivity index is 3.83. The lowest BCUT2D eigenvalue weighted by atomic mass is 9.96. The fourth-order valence-electron chi connectivity index (χ4n) is 1.16. The van der Waals surface area contributed by atoms with Crippen LogP contribution in [0, 0.1) is 11.8 Å². The second-order valence-electron chi connectivity index (χ2n) is 3.30. The van der Waals surface area contributed by atoms with Crippen molar-refractivity contribution in [3.63, 3.8) is 0 Å². The van der Waals surface area contributed by atoms with Gasteiger partial charge in [0.25, 0.3) is 0 Å². The van der Waals surface area contributed by atoms with Crippen LogP contribution in [0.1, 0.15) is 33.6 Å².